The minimum absolute atomic E-state index is 0.191. The van der Waals surface area contributed by atoms with Gasteiger partial charge in [-0.05, 0) is 37.5 Å². The second kappa shape index (κ2) is 6.02. The summed E-state index contributed by atoms with van der Waals surface area (Å²) in [5, 5.41) is 2.91. The van der Waals surface area contributed by atoms with Crippen LogP contribution in [0.1, 0.15) is 27.2 Å². The van der Waals surface area contributed by atoms with Crippen molar-refractivity contribution in [1.29, 1.82) is 0 Å². The van der Waals surface area contributed by atoms with Crippen LogP contribution in [0.15, 0.2) is 18.2 Å². The number of hydrogen-bond donors (Lipinski definition) is 1. The van der Waals surface area contributed by atoms with E-state index in [0.29, 0.717) is 12.1 Å². The third-order valence-corrected chi connectivity index (χ3v) is 3.67. The largest absolute Gasteiger partial charge is 0.342 e. The lowest BCUT2D eigenvalue weighted by molar-refractivity contribution is -0.133. The lowest BCUT2D eigenvalue weighted by Crippen LogP contribution is -2.63. The zero-order valence-corrected chi connectivity index (χ0v) is 12.9. The summed E-state index contributed by atoms with van der Waals surface area (Å²) in [5.41, 5.74) is 0.307. The number of hydrogen-bond acceptors (Lipinski definition) is 2. The molecule has 114 valence electrons. The summed E-state index contributed by atoms with van der Waals surface area (Å²) in [6.07, 6.45) is 0.539. The maximum Gasteiger partial charge on any atom is 0.250 e. The number of carbonyl (C=O) groups is 2. The summed E-state index contributed by atoms with van der Waals surface area (Å²) in [6, 6.07) is 2.58. The highest BCUT2D eigenvalue weighted by Gasteiger charge is 2.39. The first-order valence-corrected chi connectivity index (χ1v) is 7.27. The molecule has 1 N–H and O–H groups in total. The summed E-state index contributed by atoms with van der Waals surface area (Å²) >= 11 is 5.84. The van der Waals surface area contributed by atoms with Gasteiger partial charge in [-0.25, -0.2) is 4.39 Å². The average Bonchev–Trinajstić information content (AvgIpc) is 2.34. The Morgan fingerprint density at radius 3 is 2.57 bits per heavy atom. The van der Waals surface area contributed by atoms with Crippen LogP contribution in [0.5, 0.6) is 0 Å². The maximum atomic E-state index is 13.5. The number of benzene rings is 1. The summed E-state index contributed by atoms with van der Waals surface area (Å²) < 4.78 is 13.5. The standard InChI is InChI=1S/C15H18ClFN2O2/c1-8(2)4-13-15(21)19(9(3)14(20)18-13)12-6-10(16)5-11(17)7-12/h5-9,13H,4H2,1-3H3,(H,18,20). The van der Waals surface area contributed by atoms with Gasteiger partial charge in [-0.3, -0.25) is 14.5 Å². The van der Waals surface area contributed by atoms with Crippen molar-refractivity contribution in [2.75, 3.05) is 4.90 Å². The van der Waals surface area contributed by atoms with Crippen LogP contribution in [0.4, 0.5) is 10.1 Å². The average molecular weight is 313 g/mol. The number of amides is 2. The van der Waals surface area contributed by atoms with E-state index in [2.05, 4.69) is 5.32 Å². The van der Waals surface area contributed by atoms with Crippen molar-refractivity contribution in [3.05, 3.63) is 29.0 Å². The van der Waals surface area contributed by atoms with Gasteiger partial charge >= 0.3 is 0 Å². The van der Waals surface area contributed by atoms with Gasteiger partial charge < -0.3 is 5.32 Å². The number of rotatable bonds is 3. The number of carbonyl (C=O) groups excluding carboxylic acids is 2. The first kappa shape index (κ1) is 15.8. The van der Waals surface area contributed by atoms with Crippen LogP contribution in [0.2, 0.25) is 5.02 Å². The van der Waals surface area contributed by atoms with E-state index in [1.165, 1.54) is 17.0 Å². The Labute approximate surface area is 128 Å². The lowest BCUT2D eigenvalue weighted by Gasteiger charge is -2.38. The van der Waals surface area contributed by atoms with Gasteiger partial charge in [-0.1, -0.05) is 25.4 Å². The molecule has 0 spiro atoms. The van der Waals surface area contributed by atoms with Crippen LogP contribution in [0, 0.1) is 11.7 Å². The van der Waals surface area contributed by atoms with Crippen molar-refractivity contribution in [1.82, 2.24) is 5.32 Å². The summed E-state index contributed by atoms with van der Waals surface area (Å²) in [5.74, 6) is -0.771. The molecule has 21 heavy (non-hydrogen) atoms. The second-order valence-corrected chi connectivity index (χ2v) is 6.14. The van der Waals surface area contributed by atoms with E-state index >= 15 is 0 Å². The molecule has 0 bridgehead atoms. The van der Waals surface area contributed by atoms with Gasteiger partial charge in [0.25, 0.3) is 0 Å². The number of nitrogens with zero attached hydrogens (tertiary/aromatic N) is 1. The van der Waals surface area contributed by atoms with Gasteiger partial charge in [0.2, 0.25) is 11.8 Å². The van der Waals surface area contributed by atoms with Crippen molar-refractivity contribution in [2.24, 2.45) is 5.92 Å². The molecular formula is C15H18ClFN2O2. The highest BCUT2D eigenvalue weighted by molar-refractivity contribution is 6.31. The maximum absolute atomic E-state index is 13.5. The Morgan fingerprint density at radius 1 is 1.33 bits per heavy atom. The Morgan fingerprint density at radius 2 is 2.00 bits per heavy atom. The molecule has 2 unspecified atom stereocenters. The molecule has 2 atom stereocenters. The summed E-state index contributed by atoms with van der Waals surface area (Å²) in [6.45, 7) is 5.55. The third kappa shape index (κ3) is 3.35. The molecule has 0 aromatic heterocycles. The highest BCUT2D eigenvalue weighted by Crippen LogP contribution is 2.27. The topological polar surface area (TPSA) is 49.4 Å². The molecular weight excluding hydrogens is 295 g/mol. The fraction of sp³-hybridized carbons (Fsp3) is 0.467. The van der Waals surface area contributed by atoms with Crippen molar-refractivity contribution in [2.45, 2.75) is 39.3 Å². The predicted molar refractivity (Wildman–Crippen MR) is 79.7 cm³/mol. The van der Waals surface area contributed by atoms with E-state index in [4.69, 9.17) is 11.6 Å². The molecule has 1 aromatic rings. The minimum atomic E-state index is -0.696. The Bertz CT molecular complexity index is 557. The zero-order valence-electron chi connectivity index (χ0n) is 12.2. The number of anilines is 1. The molecule has 1 fully saturated rings. The van der Waals surface area contributed by atoms with E-state index in [0.717, 1.165) is 6.07 Å². The van der Waals surface area contributed by atoms with E-state index in [-0.39, 0.29) is 22.8 Å². The molecule has 1 aromatic carbocycles. The van der Waals surface area contributed by atoms with E-state index in [9.17, 15) is 14.0 Å². The van der Waals surface area contributed by atoms with Gasteiger partial charge in [0.05, 0.1) is 0 Å². The Kier molecular flexibility index (Phi) is 4.52. The van der Waals surface area contributed by atoms with Crippen molar-refractivity contribution >= 4 is 29.1 Å². The van der Waals surface area contributed by atoms with E-state index < -0.39 is 17.9 Å². The summed E-state index contributed by atoms with van der Waals surface area (Å²) in [7, 11) is 0. The van der Waals surface area contributed by atoms with Crippen LogP contribution in [0.3, 0.4) is 0 Å². The fourth-order valence-electron chi connectivity index (χ4n) is 2.49. The quantitative estimate of drug-likeness (QED) is 0.933. The van der Waals surface area contributed by atoms with Crippen LogP contribution >= 0.6 is 11.6 Å². The predicted octanol–water partition coefficient (Wildman–Crippen LogP) is 2.75. The molecule has 2 amide bonds. The highest BCUT2D eigenvalue weighted by atomic mass is 35.5. The minimum Gasteiger partial charge on any atom is -0.342 e. The summed E-state index contributed by atoms with van der Waals surface area (Å²) in [4.78, 5) is 26.0. The normalized spacial score (nSPS) is 22.7. The van der Waals surface area contributed by atoms with Gasteiger partial charge in [0, 0.05) is 10.7 Å². The zero-order chi connectivity index (χ0) is 15.7. The fourth-order valence-corrected chi connectivity index (χ4v) is 2.71. The monoisotopic (exact) mass is 312 g/mol. The van der Waals surface area contributed by atoms with Crippen LogP contribution in [-0.4, -0.2) is 23.9 Å². The molecule has 1 aliphatic heterocycles. The molecule has 4 nitrogen and oxygen atoms in total. The van der Waals surface area contributed by atoms with Crippen molar-refractivity contribution < 1.29 is 14.0 Å². The number of nitrogens with one attached hydrogen (secondary N) is 1. The SMILES string of the molecule is CC(C)CC1NC(=O)C(C)N(c2cc(F)cc(Cl)c2)C1=O. The molecule has 6 heteroatoms. The Balaban J connectivity index is 2.38. The van der Waals surface area contributed by atoms with Crippen molar-refractivity contribution in [3.8, 4) is 0 Å². The van der Waals surface area contributed by atoms with E-state index in [1.54, 1.807) is 6.92 Å². The smallest absolute Gasteiger partial charge is 0.250 e. The molecule has 2 rings (SSSR count). The molecule has 1 aliphatic rings. The van der Waals surface area contributed by atoms with Crippen LogP contribution in [-0.2, 0) is 9.59 Å². The first-order chi connectivity index (χ1) is 9.79. The first-order valence-electron chi connectivity index (χ1n) is 6.89. The van der Waals surface area contributed by atoms with Crippen LogP contribution < -0.4 is 10.2 Å². The van der Waals surface area contributed by atoms with Gasteiger partial charge in [-0.2, -0.15) is 0 Å². The molecule has 1 saturated heterocycles. The van der Waals surface area contributed by atoms with Gasteiger partial charge in [0.1, 0.15) is 17.9 Å². The number of halogens is 2. The molecule has 0 saturated carbocycles. The third-order valence-electron chi connectivity index (χ3n) is 3.45. The molecule has 1 heterocycles. The molecule has 0 radical (unpaired) electrons. The Hall–Kier alpha value is -1.62. The van der Waals surface area contributed by atoms with Gasteiger partial charge in [-0.15, -0.1) is 0 Å². The van der Waals surface area contributed by atoms with Gasteiger partial charge in [0.15, 0.2) is 0 Å². The van der Waals surface area contributed by atoms with E-state index in [1.807, 2.05) is 13.8 Å². The second-order valence-electron chi connectivity index (χ2n) is 5.70. The van der Waals surface area contributed by atoms with Crippen LogP contribution in [0.25, 0.3) is 0 Å². The van der Waals surface area contributed by atoms with Crippen molar-refractivity contribution in [3.63, 3.8) is 0 Å². The molecule has 0 aliphatic carbocycles. The lowest BCUT2D eigenvalue weighted by atomic mass is 9.98. The number of piperazine rings is 1.